The summed E-state index contributed by atoms with van der Waals surface area (Å²) in [5, 5.41) is 11.9. The van der Waals surface area contributed by atoms with Crippen LogP contribution < -0.4 is 10.1 Å². The van der Waals surface area contributed by atoms with Gasteiger partial charge < -0.3 is 14.8 Å². The second-order valence-electron chi connectivity index (χ2n) is 6.08. The van der Waals surface area contributed by atoms with Crippen LogP contribution in [0.2, 0.25) is 0 Å². The van der Waals surface area contributed by atoms with E-state index in [1.54, 1.807) is 67.6 Å². The number of amides is 1. The lowest BCUT2D eigenvalue weighted by Crippen LogP contribution is -2.33. The molecule has 0 aliphatic carbocycles. The monoisotopic (exact) mass is 398 g/mol. The second kappa shape index (κ2) is 10.5. The summed E-state index contributed by atoms with van der Waals surface area (Å²) in [6.07, 6.45) is 0. The van der Waals surface area contributed by atoms with Gasteiger partial charge in [-0.2, -0.15) is 0 Å². The molecule has 0 aliphatic heterocycles. The van der Waals surface area contributed by atoms with Gasteiger partial charge in [0.15, 0.2) is 12.4 Å². The number of hydrogen-bond acceptors (Lipinski definition) is 7. The van der Waals surface area contributed by atoms with Crippen LogP contribution in [0.15, 0.2) is 58.9 Å². The number of esters is 1. The number of ketones is 1. The molecule has 0 fully saturated rings. The fourth-order valence-electron chi connectivity index (χ4n) is 2.13. The van der Waals surface area contributed by atoms with E-state index in [4.69, 9.17) is 4.74 Å². The van der Waals surface area contributed by atoms with E-state index in [-0.39, 0.29) is 18.9 Å². The first kappa shape index (κ1) is 21.5. The number of rotatable bonds is 9. The second-order valence-corrected chi connectivity index (χ2v) is 6.08. The SMILES string of the molecule is COC(=O)CNC(=O)COc1ccc(C(=O)c2ccc(N=NN(C)C)cc2)cc1. The Morgan fingerprint density at radius 2 is 1.55 bits per heavy atom. The third kappa shape index (κ3) is 7.06. The molecule has 0 radical (unpaired) electrons. The number of hydrogen-bond donors (Lipinski definition) is 1. The van der Waals surface area contributed by atoms with E-state index in [1.807, 2.05) is 0 Å². The van der Waals surface area contributed by atoms with Gasteiger partial charge in [-0.25, -0.2) is 0 Å². The van der Waals surface area contributed by atoms with Crippen molar-refractivity contribution >= 4 is 23.3 Å². The maximum Gasteiger partial charge on any atom is 0.325 e. The van der Waals surface area contributed by atoms with Crippen LogP contribution in [0.1, 0.15) is 15.9 Å². The Bertz CT molecular complexity index is 877. The topological polar surface area (TPSA) is 110 Å². The summed E-state index contributed by atoms with van der Waals surface area (Å²) in [5.74, 6) is -0.727. The molecular formula is C20H22N4O5. The van der Waals surface area contributed by atoms with Crippen molar-refractivity contribution in [2.24, 2.45) is 10.3 Å². The Labute approximate surface area is 168 Å². The van der Waals surface area contributed by atoms with Crippen molar-refractivity contribution in [2.45, 2.75) is 0 Å². The Balaban J connectivity index is 1.91. The van der Waals surface area contributed by atoms with Gasteiger partial charge in [-0.1, -0.05) is 5.22 Å². The quantitative estimate of drug-likeness (QED) is 0.300. The summed E-state index contributed by atoms with van der Waals surface area (Å²) in [4.78, 5) is 35.1. The fourth-order valence-corrected chi connectivity index (χ4v) is 2.13. The van der Waals surface area contributed by atoms with Gasteiger partial charge in [-0.3, -0.25) is 19.4 Å². The molecule has 0 saturated heterocycles. The summed E-state index contributed by atoms with van der Waals surface area (Å²) >= 11 is 0. The van der Waals surface area contributed by atoms with Crippen LogP contribution in [0.5, 0.6) is 5.75 Å². The smallest absolute Gasteiger partial charge is 0.325 e. The zero-order valence-corrected chi connectivity index (χ0v) is 16.4. The molecule has 0 atom stereocenters. The van der Waals surface area contributed by atoms with E-state index >= 15 is 0 Å². The predicted octanol–water partition coefficient (Wildman–Crippen LogP) is 2.15. The number of ether oxygens (including phenoxy) is 2. The van der Waals surface area contributed by atoms with Gasteiger partial charge in [0.2, 0.25) is 0 Å². The minimum atomic E-state index is -0.546. The van der Waals surface area contributed by atoms with Crippen molar-refractivity contribution in [3.05, 3.63) is 59.7 Å². The van der Waals surface area contributed by atoms with E-state index in [1.165, 1.54) is 7.11 Å². The number of benzene rings is 2. The van der Waals surface area contributed by atoms with Crippen molar-refractivity contribution in [1.29, 1.82) is 0 Å². The first-order valence-electron chi connectivity index (χ1n) is 8.69. The zero-order valence-electron chi connectivity index (χ0n) is 16.4. The van der Waals surface area contributed by atoms with E-state index in [0.717, 1.165) is 0 Å². The van der Waals surface area contributed by atoms with Gasteiger partial charge in [-0.15, -0.1) is 5.11 Å². The molecule has 9 nitrogen and oxygen atoms in total. The summed E-state index contributed by atoms with van der Waals surface area (Å²) in [6.45, 7) is -0.477. The van der Waals surface area contributed by atoms with Crippen molar-refractivity contribution in [3.8, 4) is 5.75 Å². The normalized spacial score (nSPS) is 10.4. The number of methoxy groups -OCH3 is 1. The van der Waals surface area contributed by atoms with Crippen molar-refractivity contribution in [3.63, 3.8) is 0 Å². The minimum absolute atomic E-state index is 0.150. The summed E-state index contributed by atoms with van der Waals surface area (Å²) in [7, 11) is 4.77. The highest BCUT2D eigenvalue weighted by Gasteiger charge is 2.10. The first-order chi connectivity index (χ1) is 13.9. The van der Waals surface area contributed by atoms with Crippen LogP contribution in [-0.4, -0.2) is 57.0 Å². The highest BCUT2D eigenvalue weighted by Crippen LogP contribution is 2.18. The van der Waals surface area contributed by atoms with Crippen LogP contribution in [0.25, 0.3) is 0 Å². The average Bonchev–Trinajstić information content (AvgIpc) is 2.74. The Hall–Kier alpha value is -3.75. The lowest BCUT2D eigenvalue weighted by molar-refractivity contribution is -0.141. The molecule has 9 heteroatoms. The minimum Gasteiger partial charge on any atom is -0.484 e. The highest BCUT2D eigenvalue weighted by atomic mass is 16.5. The van der Waals surface area contributed by atoms with Gasteiger partial charge in [-0.05, 0) is 48.5 Å². The summed E-state index contributed by atoms with van der Waals surface area (Å²) in [6, 6.07) is 13.2. The van der Waals surface area contributed by atoms with Crippen LogP contribution in [0.3, 0.4) is 0 Å². The first-order valence-corrected chi connectivity index (χ1v) is 8.69. The molecule has 2 aromatic carbocycles. The van der Waals surface area contributed by atoms with Gasteiger partial charge in [0.1, 0.15) is 12.3 Å². The van der Waals surface area contributed by atoms with Crippen LogP contribution in [-0.2, 0) is 14.3 Å². The maximum absolute atomic E-state index is 12.6. The molecule has 1 amide bonds. The molecule has 0 spiro atoms. The molecular weight excluding hydrogens is 376 g/mol. The highest BCUT2D eigenvalue weighted by molar-refractivity contribution is 6.09. The van der Waals surface area contributed by atoms with E-state index in [0.29, 0.717) is 22.6 Å². The standard InChI is InChI=1S/C20H22N4O5/c1-24(2)23-22-16-8-4-14(5-9-16)20(27)15-6-10-17(11-7-15)29-13-18(25)21-12-19(26)28-3/h4-11H,12-13H2,1-3H3,(H,21,25). The third-order valence-electron chi connectivity index (χ3n) is 3.61. The van der Waals surface area contributed by atoms with E-state index < -0.39 is 11.9 Å². The molecule has 2 aromatic rings. The summed E-state index contributed by atoms with van der Waals surface area (Å²) in [5.41, 5.74) is 1.64. The lowest BCUT2D eigenvalue weighted by Gasteiger charge is -2.08. The van der Waals surface area contributed by atoms with Crippen molar-refractivity contribution < 1.29 is 23.9 Å². The number of carbonyl (C=O) groups is 3. The van der Waals surface area contributed by atoms with Gasteiger partial charge in [0.05, 0.1) is 12.8 Å². The molecule has 2 rings (SSSR count). The van der Waals surface area contributed by atoms with E-state index in [9.17, 15) is 14.4 Å². The predicted molar refractivity (Wildman–Crippen MR) is 105 cm³/mol. The zero-order chi connectivity index (χ0) is 21.2. The Morgan fingerprint density at radius 1 is 0.966 bits per heavy atom. The molecule has 0 heterocycles. The average molecular weight is 398 g/mol. The van der Waals surface area contributed by atoms with Crippen molar-refractivity contribution in [1.82, 2.24) is 10.3 Å². The number of nitrogens with zero attached hydrogens (tertiary/aromatic N) is 3. The largest absolute Gasteiger partial charge is 0.484 e. The molecule has 29 heavy (non-hydrogen) atoms. The Kier molecular flexibility index (Phi) is 7.84. The molecule has 152 valence electrons. The van der Waals surface area contributed by atoms with Gasteiger partial charge in [0, 0.05) is 25.2 Å². The summed E-state index contributed by atoms with van der Waals surface area (Å²) < 4.78 is 9.76. The van der Waals surface area contributed by atoms with Gasteiger partial charge >= 0.3 is 5.97 Å². The lowest BCUT2D eigenvalue weighted by atomic mass is 10.0. The molecule has 1 N–H and O–H groups in total. The van der Waals surface area contributed by atoms with Crippen LogP contribution in [0.4, 0.5) is 5.69 Å². The number of nitrogens with one attached hydrogen (secondary N) is 1. The maximum atomic E-state index is 12.6. The third-order valence-corrected chi connectivity index (χ3v) is 3.61. The molecule has 0 aromatic heterocycles. The van der Waals surface area contributed by atoms with Crippen LogP contribution >= 0.6 is 0 Å². The van der Waals surface area contributed by atoms with E-state index in [2.05, 4.69) is 20.4 Å². The molecule has 0 saturated carbocycles. The fraction of sp³-hybridized carbons (Fsp3) is 0.250. The van der Waals surface area contributed by atoms with Gasteiger partial charge in [0.25, 0.3) is 5.91 Å². The number of carbonyl (C=O) groups excluding carboxylic acids is 3. The molecule has 0 unspecified atom stereocenters. The van der Waals surface area contributed by atoms with Crippen LogP contribution in [0, 0.1) is 0 Å². The van der Waals surface area contributed by atoms with Crippen molar-refractivity contribution in [2.75, 3.05) is 34.4 Å². The molecule has 0 bridgehead atoms. The molecule has 0 aliphatic rings. The Morgan fingerprint density at radius 3 is 2.10 bits per heavy atom.